The van der Waals surface area contributed by atoms with Crippen LogP contribution >= 0.6 is 0 Å². The molecular formula is C9H15F3N2O3. The summed E-state index contributed by atoms with van der Waals surface area (Å²) < 4.78 is 35.2. The Labute approximate surface area is 96.4 Å². The summed E-state index contributed by atoms with van der Waals surface area (Å²) in [5.41, 5.74) is 0. The van der Waals surface area contributed by atoms with Gasteiger partial charge in [0.05, 0.1) is 13.1 Å². The highest BCUT2D eigenvalue weighted by atomic mass is 19.4. The first-order valence-corrected chi connectivity index (χ1v) is 5.06. The van der Waals surface area contributed by atoms with Gasteiger partial charge in [0.1, 0.15) is 6.04 Å². The highest BCUT2D eigenvalue weighted by Gasteiger charge is 2.27. The molecule has 0 aromatic rings. The molecular weight excluding hydrogens is 241 g/mol. The third-order valence-electron chi connectivity index (χ3n) is 1.82. The molecule has 0 saturated heterocycles. The van der Waals surface area contributed by atoms with Crippen LogP contribution in [0.4, 0.5) is 13.2 Å². The minimum Gasteiger partial charge on any atom is -0.480 e. The van der Waals surface area contributed by atoms with Crippen molar-refractivity contribution in [2.75, 3.05) is 13.1 Å². The van der Waals surface area contributed by atoms with Gasteiger partial charge in [0.25, 0.3) is 0 Å². The van der Waals surface area contributed by atoms with Crippen molar-refractivity contribution in [2.24, 2.45) is 0 Å². The minimum atomic E-state index is -4.39. The number of rotatable bonds is 7. The highest BCUT2D eigenvalue weighted by molar-refractivity contribution is 5.84. The molecule has 0 aromatic heterocycles. The summed E-state index contributed by atoms with van der Waals surface area (Å²) >= 11 is 0. The fraction of sp³-hybridized carbons (Fsp3) is 0.778. The van der Waals surface area contributed by atoms with Crippen LogP contribution in [0.15, 0.2) is 0 Å². The maximum atomic E-state index is 11.7. The fourth-order valence-corrected chi connectivity index (χ4v) is 1.11. The van der Waals surface area contributed by atoms with Gasteiger partial charge < -0.3 is 15.7 Å². The van der Waals surface area contributed by atoms with Gasteiger partial charge >= 0.3 is 12.1 Å². The normalized spacial score (nSPS) is 13.2. The molecule has 0 aliphatic heterocycles. The van der Waals surface area contributed by atoms with E-state index in [9.17, 15) is 22.8 Å². The number of nitrogens with one attached hydrogen (secondary N) is 2. The lowest BCUT2D eigenvalue weighted by Gasteiger charge is -2.14. The van der Waals surface area contributed by atoms with Gasteiger partial charge in [-0.3, -0.25) is 4.79 Å². The van der Waals surface area contributed by atoms with Crippen LogP contribution in [0.5, 0.6) is 0 Å². The molecule has 0 fully saturated rings. The first-order valence-electron chi connectivity index (χ1n) is 5.06. The van der Waals surface area contributed by atoms with Crippen LogP contribution in [0.2, 0.25) is 0 Å². The van der Waals surface area contributed by atoms with E-state index < -0.39 is 37.2 Å². The Bertz CT molecular complexity index is 269. The average Bonchev–Trinajstić information content (AvgIpc) is 2.14. The smallest absolute Gasteiger partial charge is 0.401 e. The lowest BCUT2D eigenvalue weighted by atomic mass is 10.1. The lowest BCUT2D eigenvalue weighted by Crippen LogP contribution is -2.45. The van der Waals surface area contributed by atoms with Gasteiger partial charge in [0, 0.05) is 0 Å². The molecule has 3 N–H and O–H groups in total. The largest absolute Gasteiger partial charge is 0.480 e. The van der Waals surface area contributed by atoms with Crippen molar-refractivity contribution in [2.45, 2.75) is 32.0 Å². The van der Waals surface area contributed by atoms with E-state index in [0.29, 0.717) is 6.42 Å². The van der Waals surface area contributed by atoms with Crippen molar-refractivity contribution in [3.8, 4) is 0 Å². The van der Waals surface area contributed by atoms with Crippen molar-refractivity contribution >= 4 is 11.9 Å². The quantitative estimate of drug-likeness (QED) is 0.620. The first kappa shape index (κ1) is 15.7. The van der Waals surface area contributed by atoms with Crippen molar-refractivity contribution in [1.29, 1.82) is 0 Å². The van der Waals surface area contributed by atoms with Gasteiger partial charge in [0.2, 0.25) is 5.91 Å². The first-order chi connectivity index (χ1) is 7.76. The highest BCUT2D eigenvalue weighted by Crippen LogP contribution is 2.11. The molecule has 0 heterocycles. The second-order valence-electron chi connectivity index (χ2n) is 3.47. The molecule has 17 heavy (non-hydrogen) atoms. The summed E-state index contributed by atoms with van der Waals surface area (Å²) in [6.45, 7) is -0.108. The van der Waals surface area contributed by atoms with Gasteiger partial charge in [0.15, 0.2) is 0 Å². The monoisotopic (exact) mass is 256 g/mol. The number of carbonyl (C=O) groups is 2. The Kier molecular flexibility index (Phi) is 6.55. The predicted molar refractivity (Wildman–Crippen MR) is 53.4 cm³/mol. The van der Waals surface area contributed by atoms with E-state index in [1.165, 1.54) is 0 Å². The van der Waals surface area contributed by atoms with E-state index in [-0.39, 0.29) is 6.42 Å². The third-order valence-corrected chi connectivity index (χ3v) is 1.82. The summed E-state index contributed by atoms with van der Waals surface area (Å²) in [6, 6.07) is -1.06. The number of hydrogen-bond acceptors (Lipinski definition) is 3. The Morgan fingerprint density at radius 2 is 1.94 bits per heavy atom. The molecule has 5 nitrogen and oxygen atoms in total. The maximum absolute atomic E-state index is 11.7. The molecule has 0 spiro atoms. The van der Waals surface area contributed by atoms with Gasteiger partial charge in [-0.15, -0.1) is 0 Å². The standard InChI is InChI=1S/C9H15F3N2O3/c1-2-3-6(8(16)17)14-7(15)4-13-5-9(10,11)12/h6,13H,2-5H2,1H3,(H,14,15)(H,16,17)/t6-/m1/s1. The summed E-state index contributed by atoms with van der Waals surface area (Å²) in [5.74, 6) is -1.97. The van der Waals surface area contributed by atoms with Crippen LogP contribution in [0, 0.1) is 0 Å². The Balaban J connectivity index is 3.95. The number of aliphatic carboxylic acids is 1. The van der Waals surface area contributed by atoms with E-state index >= 15 is 0 Å². The molecule has 0 unspecified atom stereocenters. The molecule has 0 radical (unpaired) electrons. The molecule has 1 atom stereocenters. The second-order valence-corrected chi connectivity index (χ2v) is 3.47. The maximum Gasteiger partial charge on any atom is 0.401 e. The summed E-state index contributed by atoms with van der Waals surface area (Å²) in [6.07, 6.45) is -3.61. The minimum absolute atomic E-state index is 0.236. The molecule has 0 rings (SSSR count). The third kappa shape index (κ3) is 8.49. The number of amides is 1. The molecule has 100 valence electrons. The van der Waals surface area contributed by atoms with Crippen molar-refractivity contribution in [3.63, 3.8) is 0 Å². The van der Waals surface area contributed by atoms with Crippen LogP contribution in [0.3, 0.4) is 0 Å². The molecule has 0 aliphatic carbocycles. The number of carboxylic acid groups (broad SMARTS) is 1. The summed E-state index contributed by atoms with van der Waals surface area (Å²) in [5, 5.41) is 12.7. The van der Waals surface area contributed by atoms with Crippen LogP contribution in [-0.4, -0.2) is 42.3 Å². The predicted octanol–water partition coefficient (Wildman–Crippen LogP) is 0.508. The van der Waals surface area contributed by atoms with E-state index in [1.54, 1.807) is 6.92 Å². The Hall–Kier alpha value is -1.31. The van der Waals surface area contributed by atoms with Crippen LogP contribution in [0.25, 0.3) is 0 Å². The van der Waals surface area contributed by atoms with Gasteiger partial charge in [-0.1, -0.05) is 13.3 Å². The van der Waals surface area contributed by atoms with E-state index in [2.05, 4.69) is 5.32 Å². The van der Waals surface area contributed by atoms with Crippen LogP contribution in [0.1, 0.15) is 19.8 Å². The SMILES string of the molecule is CCC[C@@H](NC(=O)CNCC(F)(F)F)C(=O)O. The van der Waals surface area contributed by atoms with E-state index in [4.69, 9.17) is 5.11 Å². The van der Waals surface area contributed by atoms with E-state index in [0.717, 1.165) is 0 Å². The molecule has 0 bridgehead atoms. The number of halogens is 3. The Morgan fingerprint density at radius 3 is 2.35 bits per heavy atom. The molecule has 1 amide bonds. The van der Waals surface area contributed by atoms with E-state index in [1.807, 2.05) is 5.32 Å². The zero-order valence-electron chi connectivity index (χ0n) is 9.30. The van der Waals surface area contributed by atoms with Crippen molar-refractivity contribution < 1.29 is 27.9 Å². The van der Waals surface area contributed by atoms with Crippen molar-refractivity contribution in [1.82, 2.24) is 10.6 Å². The number of hydrogen-bond donors (Lipinski definition) is 3. The van der Waals surface area contributed by atoms with Crippen LogP contribution < -0.4 is 10.6 Å². The number of alkyl halides is 3. The number of carboxylic acids is 1. The molecule has 8 heteroatoms. The molecule has 0 saturated carbocycles. The van der Waals surface area contributed by atoms with Crippen LogP contribution in [-0.2, 0) is 9.59 Å². The summed E-state index contributed by atoms with van der Waals surface area (Å²) in [4.78, 5) is 21.8. The molecule has 0 aromatic carbocycles. The fourth-order valence-electron chi connectivity index (χ4n) is 1.11. The zero-order valence-corrected chi connectivity index (χ0v) is 9.30. The van der Waals surface area contributed by atoms with Gasteiger partial charge in [-0.25, -0.2) is 4.79 Å². The number of carbonyl (C=O) groups excluding carboxylic acids is 1. The van der Waals surface area contributed by atoms with Crippen molar-refractivity contribution in [3.05, 3.63) is 0 Å². The zero-order chi connectivity index (χ0) is 13.5. The van der Waals surface area contributed by atoms with Gasteiger partial charge in [-0.2, -0.15) is 13.2 Å². The lowest BCUT2D eigenvalue weighted by molar-refractivity contribution is -0.142. The topological polar surface area (TPSA) is 78.4 Å². The summed E-state index contributed by atoms with van der Waals surface area (Å²) in [7, 11) is 0. The Morgan fingerprint density at radius 1 is 1.35 bits per heavy atom. The molecule has 0 aliphatic rings. The van der Waals surface area contributed by atoms with Gasteiger partial charge in [-0.05, 0) is 6.42 Å². The average molecular weight is 256 g/mol. The second kappa shape index (κ2) is 7.10.